The lowest BCUT2D eigenvalue weighted by molar-refractivity contribution is -0.167. The molecule has 0 aromatic carbocycles. The molecule has 6 nitrogen and oxygen atoms in total. The van der Waals surface area contributed by atoms with Crippen molar-refractivity contribution >= 4 is 17.9 Å². The molecular weight excluding hydrogens is 889 g/mol. The van der Waals surface area contributed by atoms with Crippen LogP contribution in [0.15, 0.2) is 85.1 Å². The molecule has 0 spiro atoms. The van der Waals surface area contributed by atoms with Crippen molar-refractivity contribution in [2.75, 3.05) is 13.2 Å². The highest BCUT2D eigenvalue weighted by atomic mass is 16.6. The molecule has 0 saturated heterocycles. The normalized spacial score (nSPS) is 12.7. The smallest absolute Gasteiger partial charge is 0.306 e. The fourth-order valence-electron chi connectivity index (χ4n) is 8.52. The van der Waals surface area contributed by atoms with Gasteiger partial charge in [0.15, 0.2) is 6.10 Å². The average molecular weight is 1000 g/mol. The van der Waals surface area contributed by atoms with Crippen LogP contribution in [0.1, 0.15) is 297 Å². The third kappa shape index (κ3) is 57.5. The zero-order chi connectivity index (χ0) is 52.2. The molecule has 0 fully saturated rings. The van der Waals surface area contributed by atoms with Crippen molar-refractivity contribution < 1.29 is 28.6 Å². The van der Waals surface area contributed by atoms with E-state index in [9.17, 15) is 14.4 Å². The van der Waals surface area contributed by atoms with Crippen LogP contribution >= 0.6 is 0 Å². The van der Waals surface area contributed by atoms with Crippen LogP contribution in [-0.2, 0) is 28.6 Å². The van der Waals surface area contributed by atoms with Gasteiger partial charge in [0.2, 0.25) is 0 Å². The number of hydrogen-bond donors (Lipinski definition) is 0. The molecule has 72 heavy (non-hydrogen) atoms. The van der Waals surface area contributed by atoms with Gasteiger partial charge in [-0.15, -0.1) is 0 Å². The summed E-state index contributed by atoms with van der Waals surface area (Å²) < 4.78 is 16.9. The number of esters is 3. The second kappa shape index (κ2) is 60.1. The molecule has 0 aliphatic rings. The average Bonchev–Trinajstić information content (AvgIpc) is 3.38. The Labute approximate surface area is 445 Å². The maximum absolute atomic E-state index is 12.9. The first kappa shape index (κ1) is 68.6. The highest BCUT2D eigenvalue weighted by Gasteiger charge is 2.19. The van der Waals surface area contributed by atoms with E-state index in [-0.39, 0.29) is 31.1 Å². The maximum Gasteiger partial charge on any atom is 0.306 e. The summed E-state index contributed by atoms with van der Waals surface area (Å²) in [6, 6.07) is 0. The van der Waals surface area contributed by atoms with Crippen LogP contribution in [0.5, 0.6) is 0 Å². The van der Waals surface area contributed by atoms with Crippen molar-refractivity contribution in [3.63, 3.8) is 0 Å². The van der Waals surface area contributed by atoms with Gasteiger partial charge in [0.05, 0.1) is 0 Å². The lowest BCUT2D eigenvalue weighted by Gasteiger charge is -2.18. The molecule has 0 aromatic rings. The third-order valence-electron chi connectivity index (χ3n) is 13.1. The Morgan fingerprint density at radius 2 is 0.542 bits per heavy atom. The van der Waals surface area contributed by atoms with Gasteiger partial charge in [0, 0.05) is 19.3 Å². The van der Waals surface area contributed by atoms with E-state index in [2.05, 4.69) is 106 Å². The molecule has 0 aromatic heterocycles. The molecule has 0 aliphatic heterocycles. The van der Waals surface area contributed by atoms with Crippen molar-refractivity contribution in [3.8, 4) is 0 Å². The highest BCUT2D eigenvalue weighted by molar-refractivity contribution is 5.71. The maximum atomic E-state index is 12.9. The van der Waals surface area contributed by atoms with Gasteiger partial charge in [0.1, 0.15) is 13.2 Å². The first-order valence-electron chi connectivity index (χ1n) is 30.6. The minimum absolute atomic E-state index is 0.0921. The lowest BCUT2D eigenvalue weighted by atomic mass is 10.1. The van der Waals surface area contributed by atoms with Crippen LogP contribution in [0.25, 0.3) is 0 Å². The summed E-state index contributed by atoms with van der Waals surface area (Å²) >= 11 is 0. The topological polar surface area (TPSA) is 78.9 Å². The second-order valence-corrected chi connectivity index (χ2v) is 20.2. The zero-order valence-corrected chi connectivity index (χ0v) is 47.4. The van der Waals surface area contributed by atoms with Crippen LogP contribution in [0.4, 0.5) is 0 Å². The van der Waals surface area contributed by atoms with Crippen LogP contribution < -0.4 is 0 Å². The molecule has 414 valence electrons. The van der Waals surface area contributed by atoms with Crippen molar-refractivity contribution in [3.05, 3.63) is 85.1 Å². The van der Waals surface area contributed by atoms with Crippen LogP contribution in [-0.4, -0.2) is 37.2 Å². The predicted molar refractivity (Wildman–Crippen MR) is 311 cm³/mol. The molecule has 0 saturated carbocycles. The second-order valence-electron chi connectivity index (χ2n) is 20.2. The van der Waals surface area contributed by atoms with Gasteiger partial charge in [-0.3, -0.25) is 14.4 Å². The van der Waals surface area contributed by atoms with Crippen molar-refractivity contribution in [1.29, 1.82) is 0 Å². The quantitative estimate of drug-likeness (QED) is 0.0261. The molecule has 0 amide bonds. The van der Waals surface area contributed by atoms with Crippen LogP contribution in [0.2, 0.25) is 0 Å². The Kier molecular flexibility index (Phi) is 57.3. The molecule has 1 unspecified atom stereocenters. The molecule has 6 heteroatoms. The largest absolute Gasteiger partial charge is 0.462 e. The molecule has 0 rings (SSSR count). The van der Waals surface area contributed by atoms with E-state index < -0.39 is 6.10 Å². The summed E-state index contributed by atoms with van der Waals surface area (Å²) in [6.07, 6.45) is 78.6. The minimum atomic E-state index is -0.798. The van der Waals surface area contributed by atoms with E-state index in [1.54, 1.807) is 0 Å². The molecule has 1 atom stereocenters. The van der Waals surface area contributed by atoms with Crippen molar-refractivity contribution in [2.24, 2.45) is 0 Å². The first-order valence-corrected chi connectivity index (χ1v) is 30.6. The van der Waals surface area contributed by atoms with E-state index in [0.29, 0.717) is 19.3 Å². The Morgan fingerprint density at radius 1 is 0.292 bits per heavy atom. The Balaban J connectivity index is 4.46. The SMILES string of the molecule is CC/C=C\C/C=C\C/C=C\C/C=C\C/C=C\CCCCCC(=O)OCC(COC(=O)CCCCCCCCC/C=C\CCCCCCCC)OC(=O)CCCCCCC/C=C\CCCCCCCCCCC. The first-order chi connectivity index (χ1) is 35.5. The van der Waals surface area contributed by atoms with Crippen LogP contribution in [0, 0.1) is 0 Å². The molecular formula is C66H114O6. The van der Waals surface area contributed by atoms with Crippen molar-refractivity contribution in [2.45, 2.75) is 303 Å². The standard InChI is InChI=1S/C66H114O6/c1-4-7-10-13-16-19-22-25-28-31-33-36-38-41-44-47-50-53-56-59-65(68)71-62-63(61-70-64(67)58-55-52-49-46-43-40-37-34-30-27-24-21-18-15-12-9-6-3)72-66(69)60-57-54-51-48-45-42-39-35-32-29-26-23-20-17-14-11-8-5-2/h7,10,16,19,25,27-28,30,33,35-36,39,41,44,63H,4-6,8-9,11-15,17-18,20-24,26,29,31-32,34,37-38,40,42-43,45-62H2,1-3H3/b10-7-,19-16-,28-25-,30-27-,36-33-,39-35-,44-41-. The van der Waals surface area contributed by atoms with E-state index in [4.69, 9.17) is 14.2 Å². The summed E-state index contributed by atoms with van der Waals surface area (Å²) in [6.45, 7) is 6.51. The summed E-state index contributed by atoms with van der Waals surface area (Å²) in [7, 11) is 0. The summed E-state index contributed by atoms with van der Waals surface area (Å²) in [5.41, 5.74) is 0. The minimum Gasteiger partial charge on any atom is -0.462 e. The Hall–Kier alpha value is -3.41. The lowest BCUT2D eigenvalue weighted by Crippen LogP contribution is -2.30. The summed E-state index contributed by atoms with van der Waals surface area (Å²) in [5, 5.41) is 0. The van der Waals surface area contributed by atoms with E-state index in [1.807, 2.05) is 0 Å². The van der Waals surface area contributed by atoms with E-state index in [1.165, 1.54) is 148 Å². The molecule has 0 N–H and O–H groups in total. The number of ether oxygens (including phenoxy) is 3. The van der Waals surface area contributed by atoms with Gasteiger partial charge in [-0.05, 0) is 116 Å². The summed E-state index contributed by atoms with van der Waals surface area (Å²) in [5.74, 6) is -0.928. The van der Waals surface area contributed by atoms with Gasteiger partial charge in [-0.2, -0.15) is 0 Å². The summed E-state index contributed by atoms with van der Waals surface area (Å²) in [4.78, 5) is 38.3. The van der Waals surface area contributed by atoms with Gasteiger partial charge in [-0.1, -0.05) is 247 Å². The number of unbranched alkanes of at least 4 members (excludes halogenated alkanes) is 30. The predicted octanol–water partition coefficient (Wildman–Crippen LogP) is 20.7. The monoisotopic (exact) mass is 1000 g/mol. The molecule has 0 bridgehead atoms. The van der Waals surface area contributed by atoms with Gasteiger partial charge >= 0.3 is 17.9 Å². The molecule has 0 heterocycles. The van der Waals surface area contributed by atoms with E-state index >= 15 is 0 Å². The fourth-order valence-corrected chi connectivity index (χ4v) is 8.52. The fraction of sp³-hybridized carbons (Fsp3) is 0.742. The Morgan fingerprint density at radius 3 is 0.875 bits per heavy atom. The van der Waals surface area contributed by atoms with Gasteiger partial charge < -0.3 is 14.2 Å². The van der Waals surface area contributed by atoms with Crippen LogP contribution in [0.3, 0.4) is 0 Å². The zero-order valence-electron chi connectivity index (χ0n) is 47.4. The molecule has 0 radical (unpaired) electrons. The van der Waals surface area contributed by atoms with Crippen molar-refractivity contribution in [1.82, 2.24) is 0 Å². The van der Waals surface area contributed by atoms with E-state index in [0.717, 1.165) is 109 Å². The molecule has 0 aliphatic carbocycles. The third-order valence-corrected chi connectivity index (χ3v) is 13.1. The number of carbonyl (C=O) groups excluding carboxylic acids is 3. The highest BCUT2D eigenvalue weighted by Crippen LogP contribution is 2.15. The number of hydrogen-bond acceptors (Lipinski definition) is 6. The number of rotatable bonds is 55. The van der Waals surface area contributed by atoms with Gasteiger partial charge in [-0.25, -0.2) is 0 Å². The Bertz CT molecular complexity index is 1380. The number of allylic oxidation sites excluding steroid dienone is 14. The number of carbonyl (C=O) groups is 3. The van der Waals surface area contributed by atoms with Gasteiger partial charge in [0.25, 0.3) is 0 Å².